The molecule has 6 heteroatoms. The van der Waals surface area contributed by atoms with Crippen molar-refractivity contribution in [2.75, 3.05) is 13.2 Å². The highest BCUT2D eigenvalue weighted by Gasteiger charge is 2.35. The highest BCUT2D eigenvalue weighted by Crippen LogP contribution is 2.30. The summed E-state index contributed by atoms with van der Waals surface area (Å²) >= 11 is 0. The van der Waals surface area contributed by atoms with Gasteiger partial charge in [0.2, 0.25) is 0 Å². The van der Waals surface area contributed by atoms with E-state index in [-0.39, 0.29) is 12.5 Å². The molecular formula is C16H29N3O3. The lowest BCUT2D eigenvalue weighted by molar-refractivity contribution is 0.0391. The zero-order valence-electron chi connectivity index (χ0n) is 14.5. The molecule has 1 rings (SSSR count). The molecule has 1 aromatic rings. The first-order valence-corrected chi connectivity index (χ1v) is 7.64. The van der Waals surface area contributed by atoms with Crippen molar-refractivity contribution in [1.29, 1.82) is 0 Å². The standard InChI is InChI=1S/C16H29N3O3/c1-12(2)16(11-20,9-13-7-8-19(6)18-13)10-17-14(21)22-15(3,4)5/h7-8,12,20H,9-11H2,1-6H3,(H,17,21). The minimum absolute atomic E-state index is 0.0307. The molecule has 1 unspecified atom stereocenters. The smallest absolute Gasteiger partial charge is 0.407 e. The molecule has 126 valence electrons. The van der Waals surface area contributed by atoms with Crippen molar-refractivity contribution < 1.29 is 14.6 Å². The lowest BCUT2D eigenvalue weighted by Crippen LogP contribution is -2.46. The van der Waals surface area contributed by atoms with Crippen LogP contribution in [0, 0.1) is 11.3 Å². The zero-order valence-corrected chi connectivity index (χ0v) is 14.5. The predicted molar refractivity (Wildman–Crippen MR) is 85.5 cm³/mol. The van der Waals surface area contributed by atoms with Crippen molar-refractivity contribution in [2.45, 2.75) is 46.6 Å². The van der Waals surface area contributed by atoms with Gasteiger partial charge in [-0.2, -0.15) is 5.10 Å². The van der Waals surface area contributed by atoms with E-state index in [1.807, 2.05) is 53.9 Å². The lowest BCUT2D eigenvalue weighted by Gasteiger charge is -2.35. The lowest BCUT2D eigenvalue weighted by atomic mass is 9.74. The summed E-state index contributed by atoms with van der Waals surface area (Å²) in [6, 6.07) is 1.93. The van der Waals surface area contributed by atoms with Gasteiger partial charge in [-0.25, -0.2) is 4.79 Å². The van der Waals surface area contributed by atoms with Crippen LogP contribution < -0.4 is 5.32 Å². The van der Waals surface area contributed by atoms with Crippen molar-refractivity contribution in [3.63, 3.8) is 0 Å². The minimum atomic E-state index is -0.537. The minimum Gasteiger partial charge on any atom is -0.444 e. The first-order chi connectivity index (χ1) is 10.1. The summed E-state index contributed by atoms with van der Waals surface area (Å²) in [7, 11) is 1.86. The van der Waals surface area contributed by atoms with E-state index >= 15 is 0 Å². The molecule has 1 atom stereocenters. The summed E-state index contributed by atoms with van der Waals surface area (Å²) in [5.41, 5.74) is -0.105. The quantitative estimate of drug-likeness (QED) is 0.844. The maximum atomic E-state index is 11.9. The van der Waals surface area contributed by atoms with Crippen molar-refractivity contribution in [3.05, 3.63) is 18.0 Å². The van der Waals surface area contributed by atoms with Gasteiger partial charge in [0.1, 0.15) is 5.60 Å². The summed E-state index contributed by atoms with van der Waals surface area (Å²) in [6.45, 7) is 9.85. The third-order valence-electron chi connectivity index (χ3n) is 3.83. The number of rotatable bonds is 6. The van der Waals surface area contributed by atoms with Gasteiger partial charge in [-0.15, -0.1) is 0 Å². The van der Waals surface area contributed by atoms with E-state index in [2.05, 4.69) is 10.4 Å². The van der Waals surface area contributed by atoms with Crippen LogP contribution in [0.4, 0.5) is 4.79 Å². The van der Waals surface area contributed by atoms with E-state index < -0.39 is 17.1 Å². The Hall–Kier alpha value is -1.56. The van der Waals surface area contributed by atoms with Crippen molar-refractivity contribution >= 4 is 6.09 Å². The number of nitrogens with one attached hydrogen (secondary N) is 1. The Morgan fingerprint density at radius 2 is 2.09 bits per heavy atom. The number of aliphatic hydroxyl groups excluding tert-OH is 1. The average Bonchev–Trinajstić information content (AvgIpc) is 2.77. The fraction of sp³-hybridized carbons (Fsp3) is 0.750. The molecule has 1 aromatic heterocycles. The topological polar surface area (TPSA) is 76.4 Å². The maximum Gasteiger partial charge on any atom is 0.407 e. The summed E-state index contributed by atoms with van der Waals surface area (Å²) in [4.78, 5) is 11.9. The number of aryl methyl sites for hydroxylation is 1. The van der Waals surface area contributed by atoms with E-state index in [0.717, 1.165) is 5.69 Å². The summed E-state index contributed by atoms with van der Waals surface area (Å²) in [6.07, 6.45) is 2.00. The summed E-state index contributed by atoms with van der Waals surface area (Å²) in [5, 5.41) is 17.1. The molecule has 0 saturated heterocycles. The highest BCUT2D eigenvalue weighted by molar-refractivity contribution is 5.67. The van der Waals surface area contributed by atoms with Crippen LogP contribution in [-0.4, -0.2) is 39.7 Å². The van der Waals surface area contributed by atoms with Gasteiger partial charge in [-0.05, 0) is 32.8 Å². The number of hydrogen-bond donors (Lipinski definition) is 2. The fourth-order valence-electron chi connectivity index (χ4n) is 2.25. The van der Waals surface area contributed by atoms with Gasteiger partial charge in [0.15, 0.2) is 0 Å². The number of alkyl carbamates (subject to hydrolysis) is 1. The van der Waals surface area contributed by atoms with E-state index in [1.165, 1.54) is 0 Å². The molecule has 0 spiro atoms. The Bertz CT molecular complexity index is 491. The van der Waals surface area contributed by atoms with Crippen LogP contribution in [-0.2, 0) is 18.2 Å². The molecule has 0 fully saturated rings. The average molecular weight is 311 g/mol. The highest BCUT2D eigenvalue weighted by atomic mass is 16.6. The van der Waals surface area contributed by atoms with Crippen LogP contribution in [0.3, 0.4) is 0 Å². The molecule has 6 nitrogen and oxygen atoms in total. The molecule has 22 heavy (non-hydrogen) atoms. The molecular weight excluding hydrogens is 282 g/mol. The molecule has 1 heterocycles. The number of aromatic nitrogens is 2. The van der Waals surface area contributed by atoms with Crippen LogP contribution in [0.1, 0.15) is 40.3 Å². The third-order valence-corrected chi connectivity index (χ3v) is 3.83. The number of amides is 1. The van der Waals surface area contributed by atoms with Crippen LogP contribution in [0.2, 0.25) is 0 Å². The predicted octanol–water partition coefficient (Wildman–Crippen LogP) is 2.12. The van der Waals surface area contributed by atoms with E-state index in [9.17, 15) is 9.90 Å². The monoisotopic (exact) mass is 311 g/mol. The second kappa shape index (κ2) is 7.13. The second-order valence-corrected chi connectivity index (χ2v) is 7.19. The molecule has 0 aliphatic rings. The largest absolute Gasteiger partial charge is 0.444 e. The van der Waals surface area contributed by atoms with Crippen LogP contribution in [0.15, 0.2) is 12.3 Å². The zero-order chi connectivity index (χ0) is 17.0. The van der Waals surface area contributed by atoms with E-state index in [0.29, 0.717) is 13.0 Å². The van der Waals surface area contributed by atoms with Gasteiger partial charge in [0, 0.05) is 31.6 Å². The summed E-state index contributed by atoms with van der Waals surface area (Å²) < 4.78 is 7.00. The Kier molecular flexibility index (Phi) is 6.00. The molecule has 0 aliphatic carbocycles. The molecule has 0 aliphatic heterocycles. The molecule has 0 saturated carbocycles. The number of carbonyl (C=O) groups excluding carboxylic acids is 1. The SMILES string of the molecule is CC(C)C(CO)(CNC(=O)OC(C)(C)C)Cc1ccn(C)n1. The van der Waals surface area contributed by atoms with Crippen molar-refractivity contribution in [1.82, 2.24) is 15.1 Å². The Morgan fingerprint density at radius 1 is 1.45 bits per heavy atom. The number of carbonyl (C=O) groups is 1. The number of ether oxygens (including phenoxy) is 1. The van der Waals surface area contributed by atoms with Gasteiger partial charge in [-0.1, -0.05) is 13.8 Å². The van der Waals surface area contributed by atoms with Gasteiger partial charge < -0.3 is 15.2 Å². The fourth-order valence-corrected chi connectivity index (χ4v) is 2.25. The van der Waals surface area contributed by atoms with E-state index in [1.54, 1.807) is 4.68 Å². The maximum absolute atomic E-state index is 11.9. The Labute approximate surface area is 132 Å². The first kappa shape index (κ1) is 18.5. The van der Waals surface area contributed by atoms with Crippen molar-refractivity contribution in [3.8, 4) is 0 Å². The van der Waals surface area contributed by atoms with E-state index in [4.69, 9.17) is 4.74 Å². The van der Waals surface area contributed by atoms with Gasteiger partial charge in [0.05, 0.1) is 12.3 Å². The molecule has 2 N–H and O–H groups in total. The van der Waals surface area contributed by atoms with Gasteiger partial charge in [-0.3, -0.25) is 4.68 Å². The van der Waals surface area contributed by atoms with Gasteiger partial charge in [0.25, 0.3) is 0 Å². The summed E-state index contributed by atoms with van der Waals surface area (Å²) in [5.74, 6) is 0.175. The molecule has 1 amide bonds. The Morgan fingerprint density at radius 3 is 2.50 bits per heavy atom. The number of nitrogens with zero attached hydrogens (tertiary/aromatic N) is 2. The third kappa shape index (κ3) is 5.33. The molecule has 0 aromatic carbocycles. The normalized spacial score (nSPS) is 14.7. The second-order valence-electron chi connectivity index (χ2n) is 7.19. The van der Waals surface area contributed by atoms with Crippen molar-refractivity contribution in [2.24, 2.45) is 18.4 Å². The molecule has 0 radical (unpaired) electrons. The Balaban J connectivity index is 2.77. The molecule has 0 bridgehead atoms. The number of aliphatic hydroxyl groups is 1. The van der Waals surface area contributed by atoms with Crippen LogP contribution >= 0.6 is 0 Å². The van der Waals surface area contributed by atoms with Gasteiger partial charge >= 0.3 is 6.09 Å². The van der Waals surface area contributed by atoms with Crippen LogP contribution in [0.5, 0.6) is 0 Å². The number of hydrogen-bond acceptors (Lipinski definition) is 4. The van der Waals surface area contributed by atoms with Crippen LogP contribution in [0.25, 0.3) is 0 Å². The first-order valence-electron chi connectivity index (χ1n) is 7.64.